The number of rotatable bonds is 7. The molecule has 1 aromatic heterocycles. The van der Waals surface area contributed by atoms with E-state index < -0.39 is 0 Å². The van der Waals surface area contributed by atoms with Gasteiger partial charge in [0, 0.05) is 33.2 Å². The number of furan rings is 1. The molecule has 1 N–H and O–H groups in total. The maximum atomic E-state index is 12.3. The first-order valence-corrected chi connectivity index (χ1v) is 10.3. The van der Waals surface area contributed by atoms with Gasteiger partial charge in [0.05, 0.1) is 12.8 Å². The quantitative estimate of drug-likeness (QED) is 0.779. The number of likely N-dealkylation sites (tertiary alicyclic amines) is 1. The molecule has 1 saturated heterocycles. The maximum Gasteiger partial charge on any atom is 0.289 e. The summed E-state index contributed by atoms with van der Waals surface area (Å²) in [4.78, 5) is 28.4. The second-order valence-electron chi connectivity index (χ2n) is 8.32. The van der Waals surface area contributed by atoms with Gasteiger partial charge >= 0.3 is 0 Å². The SMILES string of the molecule is CC1CC(C)CN(Cc2ccccc2CNC(=O)CN(C)C(=O)c2ccco2)C1. The first-order chi connectivity index (χ1) is 13.9. The fourth-order valence-corrected chi connectivity index (χ4v) is 4.17. The van der Waals surface area contributed by atoms with E-state index in [1.165, 1.54) is 23.1 Å². The number of nitrogens with zero attached hydrogens (tertiary/aromatic N) is 2. The third-order valence-electron chi connectivity index (χ3n) is 5.39. The van der Waals surface area contributed by atoms with Crippen molar-refractivity contribution in [3.8, 4) is 0 Å². The Bertz CT molecular complexity index is 809. The molecule has 1 aliphatic heterocycles. The van der Waals surface area contributed by atoms with Crippen molar-refractivity contribution in [2.24, 2.45) is 11.8 Å². The van der Waals surface area contributed by atoms with Crippen LogP contribution in [0, 0.1) is 11.8 Å². The van der Waals surface area contributed by atoms with Gasteiger partial charge in [-0.3, -0.25) is 14.5 Å². The van der Waals surface area contributed by atoms with E-state index in [4.69, 9.17) is 4.42 Å². The molecule has 1 aliphatic rings. The number of piperidine rings is 1. The van der Waals surface area contributed by atoms with Gasteiger partial charge in [0.15, 0.2) is 5.76 Å². The van der Waals surface area contributed by atoms with Crippen molar-refractivity contribution in [3.05, 3.63) is 59.5 Å². The van der Waals surface area contributed by atoms with Crippen molar-refractivity contribution in [2.45, 2.75) is 33.4 Å². The molecule has 2 aromatic rings. The van der Waals surface area contributed by atoms with Gasteiger partial charge in [0.25, 0.3) is 5.91 Å². The van der Waals surface area contributed by atoms with E-state index in [-0.39, 0.29) is 24.1 Å². The predicted octanol–water partition coefficient (Wildman–Crippen LogP) is 3.15. The second kappa shape index (κ2) is 9.74. The predicted molar refractivity (Wildman–Crippen MR) is 112 cm³/mol. The summed E-state index contributed by atoms with van der Waals surface area (Å²) >= 11 is 0. The Morgan fingerprint density at radius 3 is 2.45 bits per heavy atom. The molecule has 1 aromatic carbocycles. The summed E-state index contributed by atoms with van der Waals surface area (Å²) in [6.07, 6.45) is 2.74. The normalized spacial score (nSPS) is 19.7. The van der Waals surface area contributed by atoms with E-state index in [2.05, 4.69) is 36.2 Å². The zero-order chi connectivity index (χ0) is 20.8. The van der Waals surface area contributed by atoms with Crippen molar-refractivity contribution in [2.75, 3.05) is 26.7 Å². The Labute approximate surface area is 172 Å². The summed E-state index contributed by atoms with van der Waals surface area (Å²) < 4.78 is 5.10. The largest absolute Gasteiger partial charge is 0.459 e. The minimum Gasteiger partial charge on any atom is -0.459 e. The molecular weight excluding hydrogens is 366 g/mol. The smallest absolute Gasteiger partial charge is 0.289 e. The van der Waals surface area contributed by atoms with Crippen LogP contribution in [0.2, 0.25) is 0 Å². The highest BCUT2D eigenvalue weighted by Gasteiger charge is 2.22. The molecule has 0 radical (unpaired) electrons. The van der Waals surface area contributed by atoms with E-state index in [0.29, 0.717) is 18.4 Å². The second-order valence-corrected chi connectivity index (χ2v) is 8.32. The number of amides is 2. The minimum atomic E-state index is -0.307. The number of hydrogen-bond donors (Lipinski definition) is 1. The maximum absolute atomic E-state index is 12.3. The van der Waals surface area contributed by atoms with E-state index in [1.54, 1.807) is 19.2 Å². The molecule has 0 spiro atoms. The van der Waals surface area contributed by atoms with Crippen LogP contribution in [0.25, 0.3) is 0 Å². The number of carbonyl (C=O) groups excluding carboxylic acids is 2. The zero-order valence-corrected chi connectivity index (χ0v) is 17.6. The van der Waals surface area contributed by atoms with Crippen LogP contribution in [0.3, 0.4) is 0 Å². The fraction of sp³-hybridized carbons (Fsp3) is 0.478. The molecule has 0 saturated carbocycles. The third kappa shape index (κ3) is 5.94. The molecule has 2 atom stereocenters. The number of benzene rings is 1. The van der Waals surface area contributed by atoms with Gasteiger partial charge in [-0.1, -0.05) is 38.1 Å². The van der Waals surface area contributed by atoms with Crippen molar-refractivity contribution in [1.82, 2.24) is 15.1 Å². The Kier molecular flexibility index (Phi) is 7.09. The Hall–Kier alpha value is -2.60. The number of nitrogens with one attached hydrogen (secondary N) is 1. The molecular formula is C23H31N3O3. The van der Waals surface area contributed by atoms with Crippen LogP contribution in [0.4, 0.5) is 0 Å². The molecule has 29 heavy (non-hydrogen) atoms. The van der Waals surface area contributed by atoms with Gasteiger partial charge in [0.2, 0.25) is 5.91 Å². The first kappa shape index (κ1) is 21.1. The zero-order valence-electron chi connectivity index (χ0n) is 17.6. The molecule has 2 amide bonds. The van der Waals surface area contributed by atoms with Crippen molar-refractivity contribution in [1.29, 1.82) is 0 Å². The standard InChI is InChI=1S/C23H31N3O3/c1-17-11-18(2)14-26(13-17)15-20-8-5-4-7-19(20)12-24-22(27)16-25(3)23(28)21-9-6-10-29-21/h4-10,17-18H,11-16H2,1-3H3,(H,24,27). The van der Waals surface area contributed by atoms with Gasteiger partial charge in [-0.2, -0.15) is 0 Å². The van der Waals surface area contributed by atoms with Crippen LogP contribution < -0.4 is 5.32 Å². The van der Waals surface area contributed by atoms with Crippen molar-refractivity contribution >= 4 is 11.8 Å². The molecule has 6 heteroatoms. The molecule has 2 unspecified atom stereocenters. The number of hydrogen-bond acceptors (Lipinski definition) is 4. The van der Waals surface area contributed by atoms with E-state index in [9.17, 15) is 9.59 Å². The molecule has 1 fully saturated rings. The Morgan fingerprint density at radius 2 is 1.79 bits per heavy atom. The Morgan fingerprint density at radius 1 is 1.10 bits per heavy atom. The van der Waals surface area contributed by atoms with Crippen LogP contribution in [-0.2, 0) is 17.9 Å². The summed E-state index contributed by atoms with van der Waals surface area (Å²) in [5.41, 5.74) is 2.36. The van der Waals surface area contributed by atoms with Gasteiger partial charge in [-0.25, -0.2) is 0 Å². The van der Waals surface area contributed by atoms with Crippen LogP contribution in [0.15, 0.2) is 47.1 Å². The van der Waals surface area contributed by atoms with Gasteiger partial charge in [-0.05, 0) is 41.5 Å². The molecule has 156 valence electrons. The molecule has 0 bridgehead atoms. The molecule has 2 heterocycles. The Balaban J connectivity index is 1.54. The van der Waals surface area contributed by atoms with Gasteiger partial charge in [0.1, 0.15) is 0 Å². The average Bonchev–Trinajstić information content (AvgIpc) is 3.20. The van der Waals surface area contributed by atoms with Crippen molar-refractivity contribution < 1.29 is 14.0 Å². The average molecular weight is 398 g/mol. The highest BCUT2D eigenvalue weighted by atomic mass is 16.3. The minimum absolute atomic E-state index is 0.0111. The topological polar surface area (TPSA) is 65.8 Å². The molecule has 6 nitrogen and oxygen atoms in total. The molecule has 3 rings (SSSR count). The number of likely N-dealkylation sites (N-methyl/N-ethyl adjacent to an activating group) is 1. The van der Waals surface area contributed by atoms with E-state index in [1.807, 2.05) is 12.1 Å². The van der Waals surface area contributed by atoms with E-state index in [0.717, 1.165) is 25.2 Å². The number of carbonyl (C=O) groups is 2. The summed E-state index contributed by atoms with van der Waals surface area (Å²) in [5.74, 6) is 1.16. The molecule has 0 aliphatic carbocycles. The summed E-state index contributed by atoms with van der Waals surface area (Å²) in [6.45, 7) is 8.21. The monoisotopic (exact) mass is 397 g/mol. The lowest BCUT2D eigenvalue weighted by molar-refractivity contribution is -0.121. The third-order valence-corrected chi connectivity index (χ3v) is 5.39. The lowest BCUT2D eigenvalue weighted by Gasteiger charge is -2.35. The van der Waals surface area contributed by atoms with Crippen LogP contribution >= 0.6 is 0 Å². The fourth-order valence-electron chi connectivity index (χ4n) is 4.17. The first-order valence-electron chi connectivity index (χ1n) is 10.3. The summed E-state index contributed by atoms with van der Waals surface area (Å²) in [6, 6.07) is 11.5. The van der Waals surface area contributed by atoms with Crippen LogP contribution in [-0.4, -0.2) is 48.3 Å². The van der Waals surface area contributed by atoms with Gasteiger partial charge in [-0.15, -0.1) is 0 Å². The van der Waals surface area contributed by atoms with Crippen LogP contribution in [0.5, 0.6) is 0 Å². The lowest BCUT2D eigenvalue weighted by Crippen LogP contribution is -2.39. The summed E-state index contributed by atoms with van der Waals surface area (Å²) in [7, 11) is 1.59. The highest BCUT2D eigenvalue weighted by Crippen LogP contribution is 2.23. The van der Waals surface area contributed by atoms with Crippen molar-refractivity contribution in [3.63, 3.8) is 0 Å². The van der Waals surface area contributed by atoms with E-state index >= 15 is 0 Å². The lowest BCUT2D eigenvalue weighted by atomic mass is 9.91. The van der Waals surface area contributed by atoms with Gasteiger partial charge < -0.3 is 14.6 Å². The van der Waals surface area contributed by atoms with Crippen LogP contribution in [0.1, 0.15) is 41.9 Å². The summed E-state index contributed by atoms with van der Waals surface area (Å²) in [5, 5.41) is 2.94. The highest BCUT2D eigenvalue weighted by molar-refractivity contribution is 5.94.